The maximum absolute atomic E-state index is 13.6. The Hall–Kier alpha value is -2.57. The van der Waals surface area contributed by atoms with Crippen LogP contribution in [-0.2, 0) is 0 Å². The second-order valence-corrected chi connectivity index (χ2v) is 5.69. The lowest BCUT2D eigenvalue weighted by atomic mass is 10.2. The number of carbonyl (C=O) groups is 1. The summed E-state index contributed by atoms with van der Waals surface area (Å²) in [5, 5.41) is 2.24. The van der Waals surface area contributed by atoms with E-state index in [4.69, 9.17) is 0 Å². The predicted octanol–water partition coefficient (Wildman–Crippen LogP) is 3.39. The monoisotopic (exact) mass is 332 g/mol. The molecule has 1 aromatic heterocycles. The molecular formula is C17H18F2N4O. The van der Waals surface area contributed by atoms with Gasteiger partial charge in [-0.15, -0.1) is 0 Å². The number of para-hydroxylation sites is 1. The van der Waals surface area contributed by atoms with Gasteiger partial charge in [-0.2, -0.15) is 0 Å². The quantitative estimate of drug-likeness (QED) is 0.936. The van der Waals surface area contributed by atoms with Crippen molar-refractivity contribution in [1.82, 2.24) is 9.97 Å². The lowest BCUT2D eigenvalue weighted by molar-refractivity contribution is 0.102. The van der Waals surface area contributed by atoms with Gasteiger partial charge in [0.05, 0.1) is 0 Å². The second-order valence-electron chi connectivity index (χ2n) is 5.69. The van der Waals surface area contributed by atoms with Gasteiger partial charge in [0.1, 0.15) is 23.0 Å². The number of benzene rings is 1. The van der Waals surface area contributed by atoms with Crippen molar-refractivity contribution in [2.45, 2.75) is 25.7 Å². The molecule has 1 fully saturated rings. The Labute approximate surface area is 138 Å². The average molecular weight is 332 g/mol. The molecular weight excluding hydrogens is 314 g/mol. The van der Waals surface area contributed by atoms with Gasteiger partial charge in [-0.05, 0) is 31.0 Å². The van der Waals surface area contributed by atoms with Crippen molar-refractivity contribution in [1.29, 1.82) is 0 Å². The normalized spacial score (nSPS) is 15.0. The lowest BCUT2D eigenvalue weighted by Gasteiger charge is -2.20. The maximum Gasteiger partial charge on any atom is 0.274 e. The van der Waals surface area contributed by atoms with E-state index in [1.165, 1.54) is 31.2 Å². The molecule has 1 aliphatic rings. The fourth-order valence-electron chi connectivity index (χ4n) is 2.69. The zero-order valence-electron chi connectivity index (χ0n) is 13.1. The van der Waals surface area contributed by atoms with E-state index < -0.39 is 23.2 Å². The summed E-state index contributed by atoms with van der Waals surface area (Å²) in [6.07, 6.45) is 5.94. The number of aromatic nitrogens is 2. The van der Waals surface area contributed by atoms with Gasteiger partial charge in [0.25, 0.3) is 5.91 Å². The number of nitrogens with one attached hydrogen (secondary N) is 1. The third-order valence-corrected chi connectivity index (χ3v) is 3.97. The van der Waals surface area contributed by atoms with E-state index in [9.17, 15) is 13.6 Å². The molecule has 7 heteroatoms. The van der Waals surface area contributed by atoms with Crippen LogP contribution < -0.4 is 10.2 Å². The Morgan fingerprint density at radius 1 is 1.04 bits per heavy atom. The van der Waals surface area contributed by atoms with E-state index in [1.54, 1.807) is 0 Å². The van der Waals surface area contributed by atoms with Gasteiger partial charge in [-0.25, -0.2) is 18.7 Å². The standard InChI is InChI=1S/C17H18F2N4O/c18-12-6-5-7-13(19)15(12)22-16(24)14-8-9-20-17(21-14)23-10-3-1-2-4-11-23/h5-9H,1-4,10-11H2,(H,22,24). The molecule has 0 unspecified atom stereocenters. The number of halogens is 2. The van der Waals surface area contributed by atoms with E-state index in [-0.39, 0.29) is 5.69 Å². The molecule has 0 saturated carbocycles. The third kappa shape index (κ3) is 3.67. The summed E-state index contributed by atoms with van der Waals surface area (Å²) in [5.74, 6) is -1.86. The van der Waals surface area contributed by atoms with Crippen molar-refractivity contribution in [3.63, 3.8) is 0 Å². The van der Waals surface area contributed by atoms with E-state index >= 15 is 0 Å². The van der Waals surface area contributed by atoms with Gasteiger partial charge in [0.2, 0.25) is 5.95 Å². The number of nitrogens with zero attached hydrogens (tertiary/aromatic N) is 3. The molecule has 3 rings (SSSR count). The van der Waals surface area contributed by atoms with Crippen LogP contribution in [-0.4, -0.2) is 29.0 Å². The van der Waals surface area contributed by atoms with Crippen molar-refractivity contribution < 1.29 is 13.6 Å². The zero-order chi connectivity index (χ0) is 16.9. The maximum atomic E-state index is 13.6. The summed E-state index contributed by atoms with van der Waals surface area (Å²) in [6.45, 7) is 1.68. The summed E-state index contributed by atoms with van der Waals surface area (Å²) in [6, 6.07) is 4.83. The van der Waals surface area contributed by atoms with E-state index in [0.29, 0.717) is 5.95 Å². The predicted molar refractivity (Wildman–Crippen MR) is 87.0 cm³/mol. The smallest absolute Gasteiger partial charge is 0.274 e. The molecule has 24 heavy (non-hydrogen) atoms. The van der Waals surface area contributed by atoms with E-state index in [1.807, 2.05) is 4.90 Å². The number of carbonyl (C=O) groups excluding carboxylic acids is 1. The first-order valence-electron chi connectivity index (χ1n) is 7.98. The van der Waals surface area contributed by atoms with Crippen LogP contribution in [0.15, 0.2) is 30.5 Å². The SMILES string of the molecule is O=C(Nc1c(F)cccc1F)c1ccnc(N2CCCCCC2)n1. The molecule has 1 saturated heterocycles. The number of hydrogen-bond acceptors (Lipinski definition) is 4. The minimum atomic E-state index is -0.829. The van der Waals surface area contributed by atoms with Gasteiger partial charge >= 0.3 is 0 Å². The van der Waals surface area contributed by atoms with Crippen LogP contribution in [0, 0.1) is 11.6 Å². The average Bonchev–Trinajstić information content (AvgIpc) is 2.87. The van der Waals surface area contributed by atoms with Crippen LogP contribution in [0.5, 0.6) is 0 Å². The number of hydrogen-bond donors (Lipinski definition) is 1. The number of amides is 1. The molecule has 2 aromatic rings. The summed E-state index contributed by atoms with van der Waals surface area (Å²) in [4.78, 5) is 22.8. The van der Waals surface area contributed by atoms with Crippen molar-refractivity contribution in [3.8, 4) is 0 Å². The van der Waals surface area contributed by atoms with Crippen molar-refractivity contribution in [2.75, 3.05) is 23.3 Å². The van der Waals surface area contributed by atoms with Crippen LogP contribution in [0.2, 0.25) is 0 Å². The molecule has 1 amide bonds. The highest BCUT2D eigenvalue weighted by atomic mass is 19.1. The Kier molecular flexibility index (Phi) is 4.98. The van der Waals surface area contributed by atoms with E-state index in [0.717, 1.165) is 38.1 Å². The zero-order valence-corrected chi connectivity index (χ0v) is 13.1. The van der Waals surface area contributed by atoms with Gasteiger partial charge in [-0.1, -0.05) is 18.9 Å². The van der Waals surface area contributed by atoms with Crippen LogP contribution in [0.3, 0.4) is 0 Å². The molecule has 126 valence electrons. The van der Waals surface area contributed by atoms with Crippen LogP contribution in [0.1, 0.15) is 36.2 Å². The van der Waals surface area contributed by atoms with Crippen molar-refractivity contribution in [3.05, 3.63) is 47.8 Å². The van der Waals surface area contributed by atoms with Crippen molar-refractivity contribution in [2.24, 2.45) is 0 Å². The first-order valence-corrected chi connectivity index (χ1v) is 7.98. The largest absolute Gasteiger partial charge is 0.341 e. The highest BCUT2D eigenvalue weighted by Crippen LogP contribution is 2.19. The Morgan fingerprint density at radius 2 is 1.71 bits per heavy atom. The van der Waals surface area contributed by atoms with Crippen molar-refractivity contribution >= 4 is 17.5 Å². The Bertz CT molecular complexity index is 710. The van der Waals surface area contributed by atoms with Crippen LogP contribution in [0.25, 0.3) is 0 Å². The number of anilines is 2. The molecule has 2 heterocycles. The van der Waals surface area contributed by atoms with Crippen LogP contribution >= 0.6 is 0 Å². The van der Waals surface area contributed by atoms with Gasteiger partial charge in [0, 0.05) is 19.3 Å². The summed E-state index contributed by atoms with van der Waals surface area (Å²) in [5.41, 5.74) is -0.399. The molecule has 0 aliphatic carbocycles. The summed E-state index contributed by atoms with van der Waals surface area (Å²) in [7, 11) is 0. The third-order valence-electron chi connectivity index (χ3n) is 3.97. The summed E-state index contributed by atoms with van der Waals surface area (Å²) < 4.78 is 27.3. The molecule has 5 nitrogen and oxygen atoms in total. The highest BCUT2D eigenvalue weighted by molar-refractivity contribution is 6.03. The molecule has 1 N–H and O–H groups in total. The molecule has 1 aliphatic heterocycles. The second kappa shape index (κ2) is 7.33. The minimum Gasteiger partial charge on any atom is -0.341 e. The lowest BCUT2D eigenvalue weighted by Crippen LogP contribution is -2.27. The molecule has 0 bridgehead atoms. The number of rotatable bonds is 3. The highest BCUT2D eigenvalue weighted by Gasteiger charge is 2.17. The first kappa shape index (κ1) is 16.3. The van der Waals surface area contributed by atoms with Gasteiger partial charge in [0.15, 0.2) is 0 Å². The summed E-state index contributed by atoms with van der Waals surface area (Å²) >= 11 is 0. The Morgan fingerprint density at radius 3 is 2.38 bits per heavy atom. The van der Waals surface area contributed by atoms with Gasteiger partial charge in [-0.3, -0.25) is 4.79 Å². The minimum absolute atomic E-state index is 0.0758. The van der Waals surface area contributed by atoms with E-state index in [2.05, 4.69) is 15.3 Å². The molecule has 1 aromatic carbocycles. The topological polar surface area (TPSA) is 58.1 Å². The fraction of sp³-hybridized carbons (Fsp3) is 0.353. The molecule has 0 atom stereocenters. The fourth-order valence-corrected chi connectivity index (χ4v) is 2.69. The Balaban J connectivity index is 1.79. The molecule has 0 radical (unpaired) electrons. The molecule has 0 spiro atoms. The first-order chi connectivity index (χ1) is 11.6. The van der Waals surface area contributed by atoms with Gasteiger partial charge < -0.3 is 10.2 Å². The van der Waals surface area contributed by atoms with Crippen LogP contribution in [0.4, 0.5) is 20.4 Å².